The second kappa shape index (κ2) is 6.23. The Morgan fingerprint density at radius 2 is 1.78 bits per heavy atom. The summed E-state index contributed by atoms with van der Waals surface area (Å²) in [4.78, 5) is 28.4. The minimum atomic E-state index is -4.51. The Bertz CT molecular complexity index is 1130. The number of halogens is 4. The fourth-order valence-electron chi connectivity index (χ4n) is 3.73. The molecule has 0 aliphatic heterocycles. The highest BCUT2D eigenvalue weighted by Gasteiger charge is 2.37. The van der Waals surface area contributed by atoms with Crippen LogP contribution in [0.4, 0.5) is 13.2 Å². The van der Waals surface area contributed by atoms with Crippen LogP contribution in [-0.2, 0) is 12.6 Å². The van der Waals surface area contributed by atoms with Gasteiger partial charge in [0.25, 0.3) is 0 Å². The Hall–Kier alpha value is -2.60. The summed E-state index contributed by atoms with van der Waals surface area (Å²) >= 11 is 5.93. The third-order valence-corrected chi connectivity index (χ3v) is 5.14. The number of carbonyl (C=O) groups excluding carboxylic acids is 1. The zero-order chi connectivity index (χ0) is 19.3. The molecule has 1 aliphatic rings. The number of nitrogens with one attached hydrogen (secondary N) is 1. The minimum absolute atomic E-state index is 0.0190. The van der Waals surface area contributed by atoms with E-state index in [0.717, 1.165) is 6.07 Å². The second-order valence-corrected chi connectivity index (χ2v) is 7.05. The van der Waals surface area contributed by atoms with Crippen molar-refractivity contribution < 1.29 is 18.0 Å². The molecule has 0 amide bonds. The summed E-state index contributed by atoms with van der Waals surface area (Å²) in [5.74, 6) is -1.11. The van der Waals surface area contributed by atoms with Crippen molar-refractivity contribution in [2.75, 3.05) is 0 Å². The highest BCUT2D eigenvalue weighted by Crippen LogP contribution is 2.39. The van der Waals surface area contributed by atoms with Crippen molar-refractivity contribution in [3.05, 3.63) is 80.1 Å². The molecule has 3 nitrogen and oxygen atoms in total. The molecule has 27 heavy (non-hydrogen) atoms. The summed E-state index contributed by atoms with van der Waals surface area (Å²) in [5.41, 5.74) is -0.227. The van der Waals surface area contributed by atoms with Crippen LogP contribution in [0.1, 0.15) is 39.5 Å². The van der Waals surface area contributed by atoms with Crippen molar-refractivity contribution in [2.24, 2.45) is 0 Å². The van der Waals surface area contributed by atoms with Crippen molar-refractivity contribution in [1.29, 1.82) is 0 Å². The number of pyridine rings is 1. The molecule has 0 radical (unpaired) electrons. The molecule has 1 aromatic heterocycles. The van der Waals surface area contributed by atoms with Crippen molar-refractivity contribution in [3.63, 3.8) is 0 Å². The zero-order valence-electron chi connectivity index (χ0n) is 13.9. The van der Waals surface area contributed by atoms with Crippen LogP contribution in [0.2, 0.25) is 5.02 Å². The molecule has 0 spiro atoms. The Balaban J connectivity index is 1.86. The van der Waals surface area contributed by atoms with E-state index in [2.05, 4.69) is 4.98 Å². The first-order valence-corrected chi connectivity index (χ1v) is 8.67. The molecule has 0 saturated carbocycles. The van der Waals surface area contributed by atoms with Crippen LogP contribution >= 0.6 is 11.6 Å². The molecule has 0 fully saturated rings. The molecule has 1 heterocycles. The van der Waals surface area contributed by atoms with Gasteiger partial charge in [-0.05, 0) is 42.2 Å². The molecule has 1 atom stereocenters. The summed E-state index contributed by atoms with van der Waals surface area (Å²) in [7, 11) is 0. The van der Waals surface area contributed by atoms with Crippen LogP contribution in [-0.4, -0.2) is 10.8 Å². The van der Waals surface area contributed by atoms with E-state index in [9.17, 15) is 22.8 Å². The quantitative estimate of drug-likeness (QED) is 0.626. The lowest BCUT2D eigenvalue weighted by molar-refractivity contribution is -0.138. The number of Topliss-reactive ketones (excluding diaryl/α,β-unsaturated/α-hetero) is 1. The molecule has 4 rings (SSSR count). The zero-order valence-corrected chi connectivity index (χ0v) is 14.6. The summed E-state index contributed by atoms with van der Waals surface area (Å²) in [6.45, 7) is 0. The van der Waals surface area contributed by atoms with Crippen LogP contribution in [0.5, 0.6) is 0 Å². The minimum Gasteiger partial charge on any atom is -0.358 e. The molecule has 0 bridgehead atoms. The monoisotopic (exact) mass is 391 g/mol. The van der Waals surface area contributed by atoms with E-state index in [0.29, 0.717) is 21.6 Å². The lowest BCUT2D eigenvalue weighted by atomic mass is 9.79. The number of rotatable bonds is 1. The molecule has 1 unspecified atom stereocenters. The third-order valence-electron chi connectivity index (χ3n) is 4.91. The average Bonchev–Trinajstić information content (AvgIpc) is 2.61. The van der Waals surface area contributed by atoms with Crippen LogP contribution in [0.15, 0.2) is 47.3 Å². The van der Waals surface area contributed by atoms with Crippen molar-refractivity contribution in [1.82, 2.24) is 4.98 Å². The van der Waals surface area contributed by atoms with Crippen molar-refractivity contribution in [3.8, 4) is 0 Å². The van der Waals surface area contributed by atoms with E-state index < -0.39 is 28.9 Å². The average molecular weight is 392 g/mol. The third kappa shape index (κ3) is 3.04. The van der Waals surface area contributed by atoms with Gasteiger partial charge in [0, 0.05) is 28.0 Å². The molecule has 138 valence electrons. The molecule has 0 saturated heterocycles. The number of hydrogen-bond donors (Lipinski definition) is 1. The number of aromatic nitrogens is 1. The standard InChI is InChI=1S/C20H13ClF3NO2/c21-11-5-6-15-13(9-11)19(27)18-16(25-15)7-10(8-17(18)26)12-3-1-2-4-14(12)20(22,23)24/h1-6,9-10H,7-8H2,(H,25,27). The highest BCUT2D eigenvalue weighted by molar-refractivity contribution is 6.31. The van der Waals surface area contributed by atoms with E-state index in [-0.39, 0.29) is 24.0 Å². The fraction of sp³-hybridized carbons (Fsp3) is 0.200. The summed E-state index contributed by atoms with van der Waals surface area (Å²) in [6.07, 6.45) is -4.50. The number of alkyl halides is 3. The van der Waals surface area contributed by atoms with Gasteiger partial charge in [0.15, 0.2) is 5.78 Å². The van der Waals surface area contributed by atoms with Crippen molar-refractivity contribution in [2.45, 2.75) is 24.9 Å². The molecule has 1 N–H and O–H groups in total. The lowest BCUT2D eigenvalue weighted by Crippen LogP contribution is -2.28. The predicted molar refractivity (Wildman–Crippen MR) is 96.4 cm³/mol. The second-order valence-electron chi connectivity index (χ2n) is 6.61. The Labute approximate surface area is 156 Å². The maximum absolute atomic E-state index is 13.4. The maximum Gasteiger partial charge on any atom is 0.416 e. The SMILES string of the molecule is O=C1CC(c2ccccc2C(F)(F)F)Cc2[nH]c3ccc(Cl)cc3c(=O)c21. The van der Waals surface area contributed by atoms with Gasteiger partial charge in [-0.15, -0.1) is 0 Å². The molecule has 7 heteroatoms. The lowest BCUT2D eigenvalue weighted by Gasteiger charge is -2.26. The van der Waals surface area contributed by atoms with Gasteiger partial charge >= 0.3 is 6.18 Å². The largest absolute Gasteiger partial charge is 0.416 e. The van der Waals surface area contributed by atoms with Crippen LogP contribution in [0.25, 0.3) is 10.9 Å². The molecular formula is C20H13ClF3NO2. The number of hydrogen-bond acceptors (Lipinski definition) is 2. The first kappa shape index (κ1) is 17.8. The van der Waals surface area contributed by atoms with E-state index >= 15 is 0 Å². The first-order chi connectivity index (χ1) is 12.8. The normalized spacial score (nSPS) is 17.2. The molecule has 3 aromatic rings. The van der Waals surface area contributed by atoms with Crippen LogP contribution in [0, 0.1) is 0 Å². The van der Waals surface area contributed by atoms with Gasteiger partial charge in [-0.3, -0.25) is 9.59 Å². The first-order valence-electron chi connectivity index (χ1n) is 8.29. The number of fused-ring (bicyclic) bond motifs is 2. The number of H-pyrrole nitrogens is 1. The van der Waals surface area contributed by atoms with Crippen molar-refractivity contribution >= 4 is 28.3 Å². The van der Waals surface area contributed by atoms with E-state index in [1.54, 1.807) is 12.1 Å². The highest BCUT2D eigenvalue weighted by atomic mass is 35.5. The Kier molecular flexibility index (Phi) is 4.11. The van der Waals surface area contributed by atoms with Gasteiger partial charge in [0.2, 0.25) is 5.43 Å². The Morgan fingerprint density at radius 3 is 2.52 bits per heavy atom. The Morgan fingerprint density at radius 1 is 1.04 bits per heavy atom. The van der Waals surface area contributed by atoms with Gasteiger partial charge < -0.3 is 4.98 Å². The number of aromatic amines is 1. The van der Waals surface area contributed by atoms with Crippen LogP contribution in [0.3, 0.4) is 0 Å². The topological polar surface area (TPSA) is 49.9 Å². The van der Waals surface area contributed by atoms with Gasteiger partial charge in [0.05, 0.1) is 11.1 Å². The summed E-state index contributed by atoms with van der Waals surface area (Å²) < 4.78 is 40.1. The fourth-order valence-corrected chi connectivity index (χ4v) is 3.91. The van der Waals surface area contributed by atoms with E-state index in [4.69, 9.17) is 11.6 Å². The summed E-state index contributed by atoms with van der Waals surface area (Å²) in [5, 5.41) is 0.664. The van der Waals surface area contributed by atoms with Gasteiger partial charge in [0.1, 0.15) is 0 Å². The smallest absolute Gasteiger partial charge is 0.358 e. The number of carbonyl (C=O) groups is 1. The molecule has 1 aliphatic carbocycles. The molecular weight excluding hydrogens is 379 g/mol. The van der Waals surface area contributed by atoms with Gasteiger partial charge in [-0.1, -0.05) is 29.8 Å². The molecule has 2 aromatic carbocycles. The van der Waals surface area contributed by atoms with E-state index in [1.165, 1.54) is 24.3 Å². The summed E-state index contributed by atoms with van der Waals surface area (Å²) in [6, 6.07) is 9.96. The maximum atomic E-state index is 13.4. The predicted octanol–water partition coefficient (Wildman–Crippen LogP) is 5.11. The number of benzene rings is 2. The number of ketones is 1. The van der Waals surface area contributed by atoms with Gasteiger partial charge in [-0.2, -0.15) is 13.2 Å². The van der Waals surface area contributed by atoms with Gasteiger partial charge in [-0.25, -0.2) is 0 Å². The van der Waals surface area contributed by atoms with Crippen LogP contribution < -0.4 is 5.43 Å². The van der Waals surface area contributed by atoms with E-state index in [1.807, 2.05) is 0 Å².